The molecule has 25 heavy (non-hydrogen) atoms. The van der Waals surface area contributed by atoms with Crippen LogP contribution >= 0.6 is 23.1 Å². The van der Waals surface area contributed by atoms with Crippen molar-refractivity contribution in [3.8, 4) is 0 Å². The molecule has 2 heterocycles. The van der Waals surface area contributed by atoms with Crippen molar-refractivity contribution in [3.05, 3.63) is 46.7 Å². The third kappa shape index (κ3) is 4.54. The normalized spacial score (nSPS) is 14.0. The fraction of sp³-hybridized carbons (Fsp3) is 0.200. The zero-order valence-electron chi connectivity index (χ0n) is 12.8. The maximum Gasteiger partial charge on any atom is 0.321 e. The first-order valence-electron chi connectivity index (χ1n) is 7.22. The number of hydrogen-bond acceptors (Lipinski definition) is 6. The molecule has 7 nitrogen and oxygen atoms in total. The van der Waals surface area contributed by atoms with E-state index in [1.54, 1.807) is 17.5 Å². The van der Waals surface area contributed by atoms with Crippen LogP contribution in [0.2, 0.25) is 0 Å². The van der Waals surface area contributed by atoms with Gasteiger partial charge in [0.1, 0.15) is 5.82 Å². The number of thioether (sulfide) groups is 1. The molecule has 4 amide bonds. The zero-order chi connectivity index (χ0) is 17.8. The molecule has 130 valence electrons. The highest BCUT2D eigenvalue weighted by molar-refractivity contribution is 8.14. The van der Waals surface area contributed by atoms with Crippen LogP contribution in [-0.4, -0.2) is 32.8 Å². The molecule has 0 unspecified atom stereocenters. The minimum Gasteiger partial charge on any atom is -0.334 e. The van der Waals surface area contributed by atoms with Gasteiger partial charge in [0, 0.05) is 11.9 Å². The van der Waals surface area contributed by atoms with Crippen LogP contribution < -0.4 is 10.6 Å². The van der Waals surface area contributed by atoms with Gasteiger partial charge in [-0.05, 0) is 17.7 Å². The highest BCUT2D eigenvalue weighted by Gasteiger charge is 2.30. The summed E-state index contributed by atoms with van der Waals surface area (Å²) in [4.78, 5) is 40.3. The fourth-order valence-electron chi connectivity index (χ4n) is 2.10. The molecule has 0 saturated carbocycles. The Bertz CT molecular complexity index is 811. The first-order valence-corrected chi connectivity index (χ1v) is 9.08. The Balaban J connectivity index is 1.51. The molecular weight excluding hydrogens is 367 g/mol. The highest BCUT2D eigenvalue weighted by Crippen LogP contribution is 2.23. The van der Waals surface area contributed by atoms with Gasteiger partial charge in [0.25, 0.3) is 5.24 Å². The van der Waals surface area contributed by atoms with Crippen molar-refractivity contribution in [2.45, 2.75) is 13.1 Å². The Morgan fingerprint density at radius 2 is 2.20 bits per heavy atom. The van der Waals surface area contributed by atoms with E-state index in [9.17, 15) is 18.8 Å². The molecule has 1 fully saturated rings. The number of benzene rings is 1. The van der Waals surface area contributed by atoms with Crippen molar-refractivity contribution in [3.63, 3.8) is 0 Å². The van der Waals surface area contributed by atoms with E-state index in [1.165, 1.54) is 23.5 Å². The second-order valence-electron chi connectivity index (χ2n) is 5.12. The number of rotatable bonds is 5. The summed E-state index contributed by atoms with van der Waals surface area (Å²) in [5, 5.41) is 6.89. The largest absolute Gasteiger partial charge is 0.334 e. The van der Waals surface area contributed by atoms with E-state index in [2.05, 4.69) is 15.6 Å². The van der Waals surface area contributed by atoms with Crippen LogP contribution in [0.15, 0.2) is 29.6 Å². The van der Waals surface area contributed by atoms with E-state index < -0.39 is 6.03 Å². The smallest absolute Gasteiger partial charge is 0.321 e. The van der Waals surface area contributed by atoms with Gasteiger partial charge in [-0.15, -0.1) is 11.3 Å². The number of anilines is 1. The first-order chi connectivity index (χ1) is 12.0. The van der Waals surface area contributed by atoms with Crippen LogP contribution in [-0.2, 0) is 17.9 Å². The fourth-order valence-corrected chi connectivity index (χ4v) is 3.52. The first kappa shape index (κ1) is 17.4. The lowest BCUT2D eigenvalue weighted by Gasteiger charge is -2.10. The minimum atomic E-state index is -0.478. The summed E-state index contributed by atoms with van der Waals surface area (Å²) in [5.41, 5.74) is 1.16. The molecule has 2 N–H and O–H groups in total. The van der Waals surface area contributed by atoms with Crippen molar-refractivity contribution in [2.24, 2.45) is 0 Å². The molecule has 1 saturated heterocycles. The van der Waals surface area contributed by atoms with E-state index in [1.807, 2.05) is 0 Å². The molecule has 0 radical (unpaired) electrons. The lowest BCUT2D eigenvalue weighted by molar-refractivity contribution is -0.125. The predicted octanol–water partition coefficient (Wildman–Crippen LogP) is 2.80. The third-order valence-corrected chi connectivity index (χ3v) is 4.94. The number of halogens is 1. The van der Waals surface area contributed by atoms with Gasteiger partial charge in [0.2, 0.25) is 5.91 Å². The van der Waals surface area contributed by atoms with Crippen molar-refractivity contribution in [1.82, 2.24) is 15.2 Å². The number of hydrogen-bond donors (Lipinski definition) is 2. The summed E-state index contributed by atoms with van der Waals surface area (Å²) >= 11 is 2.15. The Morgan fingerprint density at radius 1 is 1.36 bits per heavy atom. The Hall–Kier alpha value is -2.46. The van der Waals surface area contributed by atoms with E-state index in [0.29, 0.717) is 16.4 Å². The molecule has 1 aromatic heterocycles. The van der Waals surface area contributed by atoms with E-state index in [0.717, 1.165) is 16.7 Å². The van der Waals surface area contributed by atoms with Crippen LogP contribution in [0, 0.1) is 5.82 Å². The maximum atomic E-state index is 13.1. The lowest BCUT2D eigenvalue weighted by Crippen LogP contribution is -2.29. The summed E-state index contributed by atoms with van der Waals surface area (Å²) in [6.45, 7) is 0.267. The van der Waals surface area contributed by atoms with Gasteiger partial charge in [-0.2, -0.15) is 0 Å². The minimum absolute atomic E-state index is 0.0910. The predicted molar refractivity (Wildman–Crippen MR) is 92.8 cm³/mol. The summed E-state index contributed by atoms with van der Waals surface area (Å²) in [5.74, 6) is -0.463. The van der Waals surface area contributed by atoms with E-state index in [-0.39, 0.29) is 35.8 Å². The van der Waals surface area contributed by atoms with Gasteiger partial charge < -0.3 is 5.32 Å². The van der Waals surface area contributed by atoms with Gasteiger partial charge in [-0.1, -0.05) is 23.9 Å². The summed E-state index contributed by atoms with van der Waals surface area (Å²) < 4.78 is 13.1. The average molecular weight is 380 g/mol. The molecule has 1 aromatic carbocycles. The molecule has 3 rings (SSSR count). The van der Waals surface area contributed by atoms with E-state index >= 15 is 0 Å². The summed E-state index contributed by atoms with van der Waals surface area (Å²) in [6.07, 6.45) is 0. The van der Waals surface area contributed by atoms with Crippen LogP contribution in [0.4, 0.5) is 19.1 Å². The van der Waals surface area contributed by atoms with Crippen LogP contribution in [0.3, 0.4) is 0 Å². The number of nitrogens with one attached hydrogen (secondary N) is 2. The average Bonchev–Trinajstić information content (AvgIpc) is 3.15. The second kappa shape index (κ2) is 7.62. The molecular formula is C15H13FN4O3S2. The number of urea groups is 1. The number of imide groups is 1. The number of nitrogens with zero attached hydrogens (tertiary/aromatic N) is 2. The van der Waals surface area contributed by atoms with Crippen LogP contribution in [0.1, 0.15) is 11.3 Å². The quantitative estimate of drug-likeness (QED) is 0.832. The zero-order valence-corrected chi connectivity index (χ0v) is 14.5. The van der Waals surface area contributed by atoms with Gasteiger partial charge in [0.05, 0.1) is 18.0 Å². The van der Waals surface area contributed by atoms with Gasteiger partial charge >= 0.3 is 6.03 Å². The number of thiazole rings is 1. The lowest BCUT2D eigenvalue weighted by atomic mass is 10.2. The Morgan fingerprint density at radius 3 is 2.92 bits per heavy atom. The van der Waals surface area contributed by atoms with Gasteiger partial charge in [-0.25, -0.2) is 14.2 Å². The SMILES string of the molecule is O=C(NCc1cccc(F)c1)Nc1nc(CN2C(=O)CSC2=O)cs1. The monoisotopic (exact) mass is 380 g/mol. The number of amides is 4. The molecule has 1 aliphatic heterocycles. The number of aromatic nitrogens is 1. The third-order valence-electron chi connectivity index (χ3n) is 3.27. The maximum absolute atomic E-state index is 13.1. The number of carbonyl (C=O) groups is 3. The number of carbonyl (C=O) groups excluding carboxylic acids is 3. The standard InChI is InChI=1S/C15H13FN4O3S2/c16-10-3-1-2-9(4-10)5-17-13(22)19-14-18-11(7-24-14)6-20-12(21)8-25-15(20)23/h1-4,7H,5-6,8H2,(H2,17,18,19,22). The Kier molecular flexibility index (Phi) is 5.29. The molecule has 0 atom stereocenters. The van der Waals surface area contributed by atoms with Crippen LogP contribution in [0.5, 0.6) is 0 Å². The molecule has 0 bridgehead atoms. The van der Waals surface area contributed by atoms with Crippen molar-refractivity contribution >= 4 is 45.4 Å². The van der Waals surface area contributed by atoms with E-state index in [4.69, 9.17) is 0 Å². The molecule has 0 aliphatic carbocycles. The summed E-state index contributed by atoms with van der Waals surface area (Å²) in [6, 6.07) is 5.46. The Labute approximate surface area is 150 Å². The van der Waals surface area contributed by atoms with Gasteiger partial charge in [0.15, 0.2) is 5.13 Å². The topological polar surface area (TPSA) is 91.4 Å². The second-order valence-corrected chi connectivity index (χ2v) is 6.90. The molecule has 1 aliphatic rings. The molecule has 10 heteroatoms. The van der Waals surface area contributed by atoms with Crippen molar-refractivity contribution < 1.29 is 18.8 Å². The highest BCUT2D eigenvalue weighted by atomic mass is 32.2. The van der Waals surface area contributed by atoms with Crippen molar-refractivity contribution in [1.29, 1.82) is 0 Å². The van der Waals surface area contributed by atoms with Gasteiger partial charge in [-0.3, -0.25) is 19.8 Å². The van der Waals surface area contributed by atoms with Crippen LogP contribution in [0.25, 0.3) is 0 Å². The molecule has 2 aromatic rings. The molecule has 0 spiro atoms. The van der Waals surface area contributed by atoms with Crippen molar-refractivity contribution in [2.75, 3.05) is 11.1 Å². The summed E-state index contributed by atoms with van der Waals surface area (Å²) in [7, 11) is 0.